The number of nitriles is 1. The molecule has 0 saturated carbocycles. The number of nitrogens with one attached hydrogen (secondary N) is 1. The lowest BCUT2D eigenvalue weighted by atomic mass is 9.76. The van der Waals surface area contributed by atoms with E-state index in [0.29, 0.717) is 45.9 Å². The van der Waals surface area contributed by atoms with Gasteiger partial charge in [0.25, 0.3) is 0 Å². The van der Waals surface area contributed by atoms with Crippen LogP contribution in [-0.4, -0.2) is 34.2 Å². The first-order valence-corrected chi connectivity index (χ1v) is 14.6. The molecule has 2 aliphatic rings. The number of allylic oxidation sites excluding steroid dienone is 3. The van der Waals surface area contributed by atoms with Crippen molar-refractivity contribution in [2.75, 3.05) is 17.2 Å². The standard InChI is InChI=1S/C28H25ClN6O2S2/c29-19-11-9-18(10-12-19)24-20(15-30)26(31)35(21-7-4-8-22(36)25(21)24)27-33-34-28(39-27)38-16-23(37)32-14-13-17-5-2-1-3-6-17/h1-3,5-6,9-12,24H,4,7-8,13-14,16,31H2,(H,32,37). The zero-order chi connectivity index (χ0) is 27.4. The van der Waals surface area contributed by atoms with Crippen LogP contribution in [0.25, 0.3) is 0 Å². The highest BCUT2D eigenvalue weighted by atomic mass is 35.5. The Hall–Kier alpha value is -3.65. The maximum Gasteiger partial charge on any atom is 0.230 e. The molecule has 3 N–H and O–H groups in total. The maximum absolute atomic E-state index is 13.2. The Morgan fingerprint density at radius 1 is 1.18 bits per heavy atom. The third-order valence-corrected chi connectivity index (χ3v) is 8.90. The van der Waals surface area contributed by atoms with Gasteiger partial charge in [0.15, 0.2) is 10.1 Å². The highest BCUT2D eigenvalue weighted by Crippen LogP contribution is 2.47. The fraction of sp³-hybridized carbons (Fsp3) is 0.250. The number of ketones is 1. The molecule has 0 bridgehead atoms. The number of amides is 1. The van der Waals surface area contributed by atoms with Crippen molar-refractivity contribution in [1.82, 2.24) is 15.5 Å². The Kier molecular flexibility index (Phi) is 8.31. The highest BCUT2D eigenvalue weighted by molar-refractivity contribution is 8.01. The monoisotopic (exact) mass is 576 g/mol. The van der Waals surface area contributed by atoms with E-state index in [0.717, 1.165) is 23.2 Å². The molecule has 8 nitrogen and oxygen atoms in total. The summed E-state index contributed by atoms with van der Waals surface area (Å²) in [7, 11) is 0. The summed E-state index contributed by atoms with van der Waals surface area (Å²) in [6.07, 6.45) is 2.47. The number of halogens is 1. The molecule has 0 spiro atoms. The molecular weight excluding hydrogens is 552 g/mol. The lowest BCUT2D eigenvalue weighted by Crippen LogP contribution is -2.38. The fourth-order valence-electron chi connectivity index (χ4n) is 4.81. The topological polar surface area (TPSA) is 125 Å². The van der Waals surface area contributed by atoms with Gasteiger partial charge in [0.1, 0.15) is 5.82 Å². The molecule has 3 aromatic rings. The van der Waals surface area contributed by atoms with Crippen LogP contribution in [0.5, 0.6) is 0 Å². The van der Waals surface area contributed by atoms with Crippen molar-refractivity contribution in [2.24, 2.45) is 5.73 Å². The normalized spacial score (nSPS) is 17.2. The van der Waals surface area contributed by atoms with Gasteiger partial charge >= 0.3 is 0 Å². The van der Waals surface area contributed by atoms with Crippen molar-refractivity contribution < 1.29 is 9.59 Å². The number of hydrogen-bond acceptors (Lipinski definition) is 9. The van der Waals surface area contributed by atoms with Gasteiger partial charge in [-0.1, -0.05) is 77.2 Å². The average Bonchev–Trinajstić information content (AvgIpc) is 3.41. The number of nitrogens with two attached hydrogens (primary N) is 1. The largest absolute Gasteiger partial charge is 0.384 e. The van der Waals surface area contributed by atoms with Gasteiger partial charge in [-0.3, -0.25) is 14.5 Å². The van der Waals surface area contributed by atoms with E-state index in [1.165, 1.54) is 23.1 Å². The van der Waals surface area contributed by atoms with Gasteiger partial charge in [-0.15, -0.1) is 10.2 Å². The second-order valence-electron chi connectivity index (χ2n) is 9.09. The van der Waals surface area contributed by atoms with Crippen molar-refractivity contribution in [3.63, 3.8) is 0 Å². The number of carbonyl (C=O) groups is 2. The van der Waals surface area contributed by atoms with Gasteiger partial charge in [-0.05, 0) is 42.5 Å². The third kappa shape index (κ3) is 5.86. The molecule has 39 heavy (non-hydrogen) atoms. The van der Waals surface area contributed by atoms with Gasteiger partial charge in [0.2, 0.25) is 11.0 Å². The number of carbonyl (C=O) groups excluding carboxylic acids is 2. The number of thioether (sulfide) groups is 1. The molecule has 11 heteroatoms. The minimum Gasteiger partial charge on any atom is -0.384 e. The van der Waals surface area contributed by atoms with E-state index >= 15 is 0 Å². The molecule has 2 heterocycles. The Labute approximate surface area is 239 Å². The van der Waals surface area contributed by atoms with Crippen LogP contribution in [0.2, 0.25) is 5.02 Å². The van der Waals surface area contributed by atoms with E-state index in [2.05, 4.69) is 21.6 Å². The zero-order valence-electron chi connectivity index (χ0n) is 20.9. The number of rotatable bonds is 8. The summed E-state index contributed by atoms with van der Waals surface area (Å²) in [5.41, 5.74) is 10.1. The minimum absolute atomic E-state index is 0.00672. The molecule has 0 radical (unpaired) electrons. The number of Topliss-reactive ketones (excluding diaryl/α,β-unsaturated/α-hetero) is 1. The molecule has 1 aromatic heterocycles. The van der Waals surface area contributed by atoms with Crippen LogP contribution < -0.4 is 16.0 Å². The first-order chi connectivity index (χ1) is 19.0. The summed E-state index contributed by atoms with van der Waals surface area (Å²) in [5, 5.41) is 22.7. The van der Waals surface area contributed by atoms with Crippen molar-refractivity contribution in [2.45, 2.75) is 35.9 Å². The lowest BCUT2D eigenvalue weighted by Gasteiger charge is -2.38. The fourth-order valence-corrected chi connectivity index (χ4v) is 6.65. The maximum atomic E-state index is 13.2. The SMILES string of the molecule is N#CC1=C(N)N(c2nnc(SCC(=O)NCCc3ccccc3)s2)C2=C(C(=O)CCC2)C1c1ccc(Cl)cc1. The van der Waals surface area contributed by atoms with Crippen molar-refractivity contribution in [3.8, 4) is 6.07 Å². The van der Waals surface area contributed by atoms with Gasteiger partial charge in [-0.2, -0.15) is 5.26 Å². The van der Waals surface area contributed by atoms with Gasteiger partial charge in [0, 0.05) is 29.3 Å². The molecular formula is C28H25ClN6O2S2. The Bertz CT molecular complexity index is 1490. The molecule has 1 amide bonds. The van der Waals surface area contributed by atoms with E-state index in [4.69, 9.17) is 17.3 Å². The summed E-state index contributed by atoms with van der Waals surface area (Å²) in [6, 6.07) is 19.3. The second kappa shape index (κ2) is 12.0. The van der Waals surface area contributed by atoms with Crippen LogP contribution in [0.15, 0.2) is 81.6 Å². The van der Waals surface area contributed by atoms with Gasteiger partial charge in [0.05, 0.1) is 23.3 Å². The van der Waals surface area contributed by atoms with Gasteiger partial charge in [-0.25, -0.2) is 0 Å². The van der Waals surface area contributed by atoms with Crippen molar-refractivity contribution in [1.29, 1.82) is 5.26 Å². The zero-order valence-corrected chi connectivity index (χ0v) is 23.3. The molecule has 1 atom stereocenters. The van der Waals surface area contributed by atoms with E-state index in [1.54, 1.807) is 17.0 Å². The molecule has 2 aromatic carbocycles. The van der Waals surface area contributed by atoms with Crippen LogP contribution in [0.1, 0.15) is 36.3 Å². The molecule has 1 aliphatic heterocycles. The first kappa shape index (κ1) is 26.9. The van der Waals surface area contributed by atoms with Gasteiger partial charge < -0.3 is 11.1 Å². The molecule has 198 valence electrons. The molecule has 5 rings (SSSR count). The summed E-state index contributed by atoms with van der Waals surface area (Å²) in [6.45, 7) is 0.552. The molecule has 0 saturated heterocycles. The predicted octanol–water partition coefficient (Wildman–Crippen LogP) is 4.95. The molecule has 0 fully saturated rings. The van der Waals surface area contributed by atoms with E-state index in [1.807, 2.05) is 42.5 Å². The Morgan fingerprint density at radius 3 is 2.69 bits per heavy atom. The summed E-state index contributed by atoms with van der Waals surface area (Å²) >= 11 is 8.65. The summed E-state index contributed by atoms with van der Waals surface area (Å²) in [4.78, 5) is 27.3. The average molecular weight is 577 g/mol. The number of aromatic nitrogens is 2. The van der Waals surface area contributed by atoms with E-state index in [9.17, 15) is 14.9 Å². The summed E-state index contributed by atoms with van der Waals surface area (Å²) in [5.74, 6) is -0.230. The number of nitrogens with zero attached hydrogens (tertiary/aromatic N) is 4. The van der Waals surface area contributed by atoms with Crippen LogP contribution in [-0.2, 0) is 16.0 Å². The summed E-state index contributed by atoms with van der Waals surface area (Å²) < 4.78 is 0.596. The Morgan fingerprint density at radius 2 is 1.95 bits per heavy atom. The van der Waals surface area contributed by atoms with Crippen LogP contribution in [0.4, 0.5) is 5.13 Å². The van der Waals surface area contributed by atoms with Crippen LogP contribution in [0.3, 0.4) is 0 Å². The minimum atomic E-state index is -0.562. The highest BCUT2D eigenvalue weighted by Gasteiger charge is 2.41. The molecule has 1 unspecified atom stereocenters. The number of hydrogen-bond donors (Lipinski definition) is 2. The number of anilines is 1. The quantitative estimate of drug-likeness (QED) is 0.361. The van der Waals surface area contributed by atoms with E-state index in [-0.39, 0.29) is 28.8 Å². The second-order valence-corrected chi connectivity index (χ2v) is 11.7. The van der Waals surface area contributed by atoms with Crippen molar-refractivity contribution in [3.05, 3.63) is 93.4 Å². The first-order valence-electron chi connectivity index (χ1n) is 12.4. The predicted molar refractivity (Wildman–Crippen MR) is 153 cm³/mol. The van der Waals surface area contributed by atoms with Crippen molar-refractivity contribution >= 4 is 51.5 Å². The lowest BCUT2D eigenvalue weighted by molar-refractivity contribution is -0.118. The van der Waals surface area contributed by atoms with Crippen LogP contribution in [0, 0.1) is 11.3 Å². The van der Waals surface area contributed by atoms with E-state index < -0.39 is 5.92 Å². The Balaban J connectivity index is 1.34. The number of benzene rings is 2. The molecule has 1 aliphatic carbocycles. The smallest absolute Gasteiger partial charge is 0.230 e. The van der Waals surface area contributed by atoms with Crippen LogP contribution >= 0.6 is 34.7 Å². The third-order valence-electron chi connectivity index (χ3n) is 6.61.